The number of benzene rings is 1. The van der Waals surface area contributed by atoms with E-state index in [1.54, 1.807) is 12.3 Å². The van der Waals surface area contributed by atoms with Gasteiger partial charge in [0.1, 0.15) is 11.8 Å². The minimum absolute atomic E-state index is 0.403. The van der Waals surface area contributed by atoms with Gasteiger partial charge in [0.2, 0.25) is 5.95 Å². The molecule has 1 aliphatic heterocycles. The topological polar surface area (TPSA) is 52.8 Å². The first-order valence-corrected chi connectivity index (χ1v) is 6.36. The largest absolute Gasteiger partial charge is 0.310 e. The molecule has 0 saturated heterocycles. The molecule has 4 heteroatoms. The third-order valence-electron chi connectivity index (χ3n) is 3.34. The van der Waals surface area contributed by atoms with E-state index in [1.807, 2.05) is 6.07 Å². The lowest BCUT2D eigenvalue weighted by Crippen LogP contribution is -2.31. The molecule has 0 amide bonds. The molecule has 0 N–H and O–H groups in total. The number of para-hydroxylation sites is 1. The number of hydrogen-bond acceptors (Lipinski definition) is 4. The van der Waals surface area contributed by atoms with Crippen molar-refractivity contribution in [1.29, 1.82) is 5.26 Å². The number of rotatable bonds is 1. The summed E-state index contributed by atoms with van der Waals surface area (Å²) in [5.41, 5.74) is 2.86. The molecule has 0 aliphatic carbocycles. The molecule has 1 aromatic carbocycles. The van der Waals surface area contributed by atoms with E-state index in [2.05, 4.69) is 46.1 Å². The third-order valence-corrected chi connectivity index (χ3v) is 3.34. The predicted octanol–water partition coefficient (Wildman–Crippen LogP) is 2.68. The van der Waals surface area contributed by atoms with Crippen LogP contribution in [0.5, 0.6) is 0 Å². The number of hydrogen-bond donors (Lipinski definition) is 0. The van der Waals surface area contributed by atoms with Crippen LogP contribution in [0.25, 0.3) is 0 Å². The summed E-state index contributed by atoms with van der Waals surface area (Å²) in [6.45, 7) is 3.10. The monoisotopic (exact) mass is 250 g/mol. The average molecular weight is 250 g/mol. The zero-order valence-electron chi connectivity index (χ0n) is 10.7. The predicted molar refractivity (Wildman–Crippen MR) is 73.1 cm³/mol. The molecule has 1 aromatic heterocycles. The van der Waals surface area contributed by atoms with E-state index in [0.29, 0.717) is 17.6 Å². The zero-order valence-corrected chi connectivity index (χ0v) is 10.7. The highest BCUT2D eigenvalue weighted by molar-refractivity contribution is 5.63. The lowest BCUT2D eigenvalue weighted by atomic mass is 9.94. The molecule has 3 rings (SSSR count). The Morgan fingerprint density at radius 2 is 2.16 bits per heavy atom. The van der Waals surface area contributed by atoms with Crippen molar-refractivity contribution >= 4 is 11.6 Å². The Morgan fingerprint density at radius 3 is 3.00 bits per heavy atom. The van der Waals surface area contributed by atoms with E-state index < -0.39 is 0 Å². The van der Waals surface area contributed by atoms with Gasteiger partial charge >= 0.3 is 0 Å². The minimum Gasteiger partial charge on any atom is -0.310 e. The van der Waals surface area contributed by atoms with Gasteiger partial charge in [-0.2, -0.15) is 5.26 Å². The van der Waals surface area contributed by atoms with Crippen LogP contribution in [0.1, 0.15) is 18.2 Å². The lowest BCUT2D eigenvalue weighted by molar-refractivity contribution is 0.557. The first-order valence-electron chi connectivity index (χ1n) is 6.36. The van der Waals surface area contributed by atoms with E-state index >= 15 is 0 Å². The summed E-state index contributed by atoms with van der Waals surface area (Å²) in [4.78, 5) is 10.7. The molecular formula is C15H14N4. The normalized spacial score (nSPS) is 17.7. The van der Waals surface area contributed by atoms with Gasteiger partial charge in [-0.1, -0.05) is 25.1 Å². The molecule has 19 heavy (non-hydrogen) atoms. The molecule has 0 fully saturated rings. The van der Waals surface area contributed by atoms with Gasteiger partial charge in [0.25, 0.3) is 0 Å². The smallest absolute Gasteiger partial charge is 0.231 e. The highest BCUT2D eigenvalue weighted by atomic mass is 15.3. The molecule has 0 spiro atoms. The second kappa shape index (κ2) is 4.69. The van der Waals surface area contributed by atoms with E-state index in [-0.39, 0.29) is 0 Å². The van der Waals surface area contributed by atoms with Gasteiger partial charge in [-0.15, -0.1) is 0 Å². The van der Waals surface area contributed by atoms with Crippen LogP contribution in [0.3, 0.4) is 0 Å². The minimum atomic E-state index is 0.403. The maximum absolute atomic E-state index is 8.95. The molecule has 0 bridgehead atoms. The fourth-order valence-electron chi connectivity index (χ4n) is 2.53. The highest BCUT2D eigenvalue weighted by Crippen LogP contribution is 2.33. The van der Waals surface area contributed by atoms with Crippen molar-refractivity contribution in [2.24, 2.45) is 5.92 Å². The Balaban J connectivity index is 2.07. The molecule has 4 nitrogen and oxygen atoms in total. The summed E-state index contributed by atoms with van der Waals surface area (Å²) in [5, 5.41) is 8.95. The molecule has 1 unspecified atom stereocenters. The molecule has 0 radical (unpaired) electrons. The van der Waals surface area contributed by atoms with Crippen molar-refractivity contribution in [2.45, 2.75) is 13.3 Å². The van der Waals surface area contributed by atoms with E-state index in [9.17, 15) is 0 Å². The van der Waals surface area contributed by atoms with Crippen LogP contribution in [-0.2, 0) is 6.42 Å². The number of fused-ring (bicyclic) bond motifs is 1. The SMILES string of the molecule is CC1Cc2ccccc2N(c2nccc(C#N)n2)C1. The van der Waals surface area contributed by atoms with E-state index in [1.165, 1.54) is 5.56 Å². The highest BCUT2D eigenvalue weighted by Gasteiger charge is 2.24. The average Bonchev–Trinajstić information content (AvgIpc) is 2.46. The van der Waals surface area contributed by atoms with Gasteiger partial charge in [0.15, 0.2) is 0 Å². The van der Waals surface area contributed by atoms with Crippen LogP contribution >= 0.6 is 0 Å². The fourth-order valence-corrected chi connectivity index (χ4v) is 2.53. The fraction of sp³-hybridized carbons (Fsp3) is 0.267. The maximum Gasteiger partial charge on any atom is 0.231 e. The van der Waals surface area contributed by atoms with Crippen molar-refractivity contribution in [3.8, 4) is 6.07 Å². The van der Waals surface area contributed by atoms with Gasteiger partial charge in [-0.25, -0.2) is 9.97 Å². The summed E-state index contributed by atoms with van der Waals surface area (Å²) in [6, 6.07) is 12.0. The van der Waals surface area contributed by atoms with E-state index in [0.717, 1.165) is 18.7 Å². The van der Waals surface area contributed by atoms with Crippen LogP contribution in [0.2, 0.25) is 0 Å². The molecule has 0 saturated carbocycles. The first-order chi connectivity index (χ1) is 9.28. The maximum atomic E-state index is 8.95. The summed E-state index contributed by atoms with van der Waals surface area (Å²) >= 11 is 0. The van der Waals surface area contributed by atoms with Crippen molar-refractivity contribution in [3.63, 3.8) is 0 Å². The van der Waals surface area contributed by atoms with Crippen molar-refractivity contribution in [1.82, 2.24) is 9.97 Å². The molecule has 2 heterocycles. The molecular weight excluding hydrogens is 236 g/mol. The summed E-state index contributed by atoms with van der Waals surface area (Å²) in [5.74, 6) is 1.15. The van der Waals surface area contributed by atoms with E-state index in [4.69, 9.17) is 5.26 Å². The van der Waals surface area contributed by atoms with Gasteiger partial charge in [0.05, 0.1) is 0 Å². The van der Waals surface area contributed by atoms with Gasteiger partial charge in [-0.05, 0) is 30.0 Å². The van der Waals surface area contributed by atoms with Crippen LogP contribution in [-0.4, -0.2) is 16.5 Å². The Hall–Kier alpha value is -2.41. The number of nitriles is 1. The number of aromatic nitrogens is 2. The van der Waals surface area contributed by atoms with Gasteiger partial charge < -0.3 is 4.90 Å². The van der Waals surface area contributed by atoms with Crippen molar-refractivity contribution < 1.29 is 0 Å². The van der Waals surface area contributed by atoms with Crippen molar-refractivity contribution in [3.05, 3.63) is 47.8 Å². The van der Waals surface area contributed by atoms with Crippen LogP contribution in [0.15, 0.2) is 36.5 Å². The molecule has 1 atom stereocenters. The third kappa shape index (κ3) is 2.15. The first kappa shape index (κ1) is 11.7. The van der Waals surface area contributed by atoms with Crippen molar-refractivity contribution in [2.75, 3.05) is 11.4 Å². The molecule has 94 valence electrons. The standard InChI is InChI=1S/C15H14N4/c1-11-8-12-4-2-3-5-14(12)19(10-11)15-17-7-6-13(9-16)18-15/h2-7,11H,8,10H2,1H3. The quantitative estimate of drug-likeness (QED) is 0.780. The second-order valence-electron chi connectivity index (χ2n) is 4.90. The molecule has 2 aromatic rings. The molecule has 1 aliphatic rings. The Bertz CT molecular complexity index is 645. The van der Waals surface area contributed by atoms with Gasteiger partial charge in [0, 0.05) is 18.4 Å². The Labute approximate surface area is 112 Å². The second-order valence-corrected chi connectivity index (χ2v) is 4.90. The summed E-state index contributed by atoms with van der Waals surface area (Å²) in [6.07, 6.45) is 2.72. The summed E-state index contributed by atoms with van der Waals surface area (Å²) in [7, 11) is 0. The zero-order chi connectivity index (χ0) is 13.2. The van der Waals surface area contributed by atoms with Gasteiger partial charge in [-0.3, -0.25) is 0 Å². The van der Waals surface area contributed by atoms with Crippen LogP contribution in [0.4, 0.5) is 11.6 Å². The Morgan fingerprint density at radius 1 is 1.32 bits per heavy atom. The number of anilines is 2. The van der Waals surface area contributed by atoms with Crippen LogP contribution in [0, 0.1) is 17.2 Å². The van der Waals surface area contributed by atoms with Crippen LogP contribution < -0.4 is 4.90 Å². The number of nitrogens with zero attached hydrogens (tertiary/aromatic N) is 4. The lowest BCUT2D eigenvalue weighted by Gasteiger charge is -2.33. The Kier molecular flexibility index (Phi) is 2.88. The summed E-state index contributed by atoms with van der Waals surface area (Å²) < 4.78 is 0.